The normalized spacial score (nSPS) is 23.2. The first kappa shape index (κ1) is 31.6. The minimum Gasteiger partial charge on any atom is -0.492 e. The Balaban J connectivity index is 1.66. The fourth-order valence-electron chi connectivity index (χ4n) is 4.25. The lowest BCUT2D eigenvalue weighted by Gasteiger charge is -2.39. The number of nitrogens with zero attached hydrogens (tertiary/aromatic N) is 1. The van der Waals surface area contributed by atoms with Gasteiger partial charge in [0.2, 0.25) is 12.2 Å². The second kappa shape index (κ2) is 13.6. The third kappa shape index (κ3) is 7.83. The van der Waals surface area contributed by atoms with Gasteiger partial charge in [-0.15, -0.1) is 5.10 Å². The lowest BCUT2D eigenvalue weighted by atomic mass is 9.96. The number of aryl methyl sites for hydroxylation is 1. The number of urea groups is 1. The molecule has 0 saturated carbocycles. The van der Waals surface area contributed by atoms with Gasteiger partial charge < -0.3 is 50.4 Å². The van der Waals surface area contributed by atoms with Gasteiger partial charge in [0, 0.05) is 17.7 Å². The molecule has 2 heterocycles. The highest BCUT2D eigenvalue weighted by atomic mass is 16.7. The molecule has 224 valence electrons. The largest absolute Gasteiger partial charge is 0.492 e. The van der Waals surface area contributed by atoms with E-state index < -0.39 is 48.9 Å². The Morgan fingerprint density at radius 1 is 1.18 bits per heavy atom. The number of hydrogen-bond acceptors (Lipinski definition) is 10. The van der Waals surface area contributed by atoms with E-state index in [1.54, 1.807) is 13.8 Å². The number of carbonyl (C=O) groups excluding carboxylic acids is 1. The van der Waals surface area contributed by atoms with Crippen LogP contribution in [0, 0.1) is 6.92 Å². The maximum absolute atomic E-state index is 11.9. The number of aromatic nitrogens is 2. The zero-order valence-corrected chi connectivity index (χ0v) is 23.5. The van der Waals surface area contributed by atoms with E-state index in [2.05, 4.69) is 20.8 Å². The first-order valence-electron chi connectivity index (χ1n) is 13.3. The molecule has 2 aromatic rings. The van der Waals surface area contributed by atoms with Crippen molar-refractivity contribution in [3.8, 4) is 11.6 Å². The smallest absolute Gasteiger partial charge is 0.315 e. The maximum Gasteiger partial charge on any atom is 0.315 e. The third-order valence-corrected chi connectivity index (χ3v) is 6.70. The van der Waals surface area contributed by atoms with Gasteiger partial charge in [0.1, 0.15) is 36.8 Å². The van der Waals surface area contributed by atoms with Crippen molar-refractivity contribution in [3.63, 3.8) is 0 Å². The first-order chi connectivity index (χ1) is 18.9. The van der Waals surface area contributed by atoms with Crippen molar-refractivity contribution in [2.45, 2.75) is 83.2 Å². The number of nitrogens with one attached hydrogen (secondary N) is 3. The van der Waals surface area contributed by atoms with E-state index in [-0.39, 0.29) is 31.6 Å². The Morgan fingerprint density at radius 3 is 2.52 bits per heavy atom. The summed E-state index contributed by atoms with van der Waals surface area (Å²) in [5, 5.41) is 61.9. The summed E-state index contributed by atoms with van der Waals surface area (Å²) in [5.74, 6) is 0.889. The summed E-state index contributed by atoms with van der Waals surface area (Å²) in [5.41, 5.74) is 2.76. The molecule has 0 aliphatic carbocycles. The zero-order chi connectivity index (χ0) is 29.6. The standard InChI is InChI=1S/C27H42N4O9/c1-14(2)20-18(24(31-30-20)40-25-23(36)22(35)21(34)19(12-32)39-25)11-16-6-7-17(10-15(16)3)38-9-8-28-26(37)29-27(4,5)13-33/h6-7,10,14,19,21-23,25,32-36H,8-9,11-13H2,1-5H3,(H,30,31)(H2,28,29,37)/t19-,21-,22+,23-,25?/m1/s1. The molecule has 8 N–H and O–H groups in total. The Bertz CT molecular complexity index is 1120. The van der Waals surface area contributed by atoms with E-state index in [1.807, 2.05) is 39.0 Å². The van der Waals surface area contributed by atoms with Crippen LogP contribution < -0.4 is 20.1 Å². The predicted octanol–water partition coefficient (Wildman–Crippen LogP) is 0.0599. The SMILES string of the molecule is Cc1cc(OCCNC(=O)NC(C)(C)CO)ccc1Cc1c(OC2O[C@H](CO)[C@@H](O)[C@H](O)[C@H]2O)n[nH]c1C(C)C. The number of aliphatic hydroxyl groups is 5. The molecule has 40 heavy (non-hydrogen) atoms. The summed E-state index contributed by atoms with van der Waals surface area (Å²) < 4.78 is 17.1. The van der Waals surface area contributed by atoms with Crippen LogP contribution in [0.25, 0.3) is 0 Å². The van der Waals surface area contributed by atoms with Crippen LogP contribution in [0.1, 0.15) is 56.0 Å². The predicted molar refractivity (Wildman–Crippen MR) is 144 cm³/mol. The van der Waals surface area contributed by atoms with Crippen molar-refractivity contribution >= 4 is 6.03 Å². The van der Waals surface area contributed by atoms with Crippen LogP contribution in [-0.4, -0.2) is 104 Å². The molecule has 0 bridgehead atoms. The molecule has 1 aromatic carbocycles. The van der Waals surface area contributed by atoms with Crippen LogP contribution in [0.4, 0.5) is 4.79 Å². The van der Waals surface area contributed by atoms with E-state index in [0.717, 1.165) is 22.4 Å². The van der Waals surface area contributed by atoms with Gasteiger partial charge in [-0.1, -0.05) is 19.9 Å². The van der Waals surface area contributed by atoms with Crippen LogP contribution in [0.5, 0.6) is 11.6 Å². The number of amides is 2. The second-order valence-corrected chi connectivity index (χ2v) is 10.9. The van der Waals surface area contributed by atoms with E-state index in [4.69, 9.17) is 14.2 Å². The molecule has 3 rings (SSSR count). The Morgan fingerprint density at radius 2 is 1.90 bits per heavy atom. The highest BCUT2D eigenvalue weighted by Gasteiger charge is 2.45. The summed E-state index contributed by atoms with van der Waals surface area (Å²) >= 11 is 0. The van der Waals surface area contributed by atoms with Crippen LogP contribution >= 0.6 is 0 Å². The highest BCUT2D eigenvalue weighted by molar-refractivity contribution is 5.74. The molecule has 5 atom stereocenters. The molecule has 0 radical (unpaired) electrons. The van der Waals surface area contributed by atoms with Gasteiger partial charge >= 0.3 is 6.03 Å². The van der Waals surface area contributed by atoms with E-state index in [1.165, 1.54) is 0 Å². The molecule has 13 heteroatoms. The average molecular weight is 567 g/mol. The van der Waals surface area contributed by atoms with Gasteiger partial charge in [-0.05, 0) is 49.9 Å². The molecule has 1 aromatic heterocycles. The zero-order valence-electron chi connectivity index (χ0n) is 23.5. The highest BCUT2D eigenvalue weighted by Crippen LogP contribution is 2.32. The minimum absolute atomic E-state index is 0.0743. The summed E-state index contributed by atoms with van der Waals surface area (Å²) in [6.45, 7) is 9.15. The van der Waals surface area contributed by atoms with Gasteiger partial charge in [-0.2, -0.15) is 0 Å². The van der Waals surface area contributed by atoms with Crippen molar-refractivity contribution in [2.75, 3.05) is 26.4 Å². The van der Waals surface area contributed by atoms with Crippen LogP contribution in [0.3, 0.4) is 0 Å². The third-order valence-electron chi connectivity index (χ3n) is 6.70. The second-order valence-electron chi connectivity index (χ2n) is 10.9. The Hall–Kier alpha value is -2.94. The fraction of sp³-hybridized carbons (Fsp3) is 0.630. The molecular weight excluding hydrogens is 524 g/mol. The number of ether oxygens (including phenoxy) is 3. The van der Waals surface area contributed by atoms with E-state index >= 15 is 0 Å². The number of benzene rings is 1. The molecule has 1 saturated heterocycles. The number of aromatic amines is 1. The first-order valence-corrected chi connectivity index (χ1v) is 13.3. The molecule has 0 spiro atoms. The summed E-state index contributed by atoms with van der Waals surface area (Å²) in [6.07, 6.45) is -6.61. The molecule has 1 fully saturated rings. The van der Waals surface area contributed by atoms with Crippen molar-refractivity contribution in [3.05, 3.63) is 40.6 Å². The van der Waals surface area contributed by atoms with Gasteiger partial charge in [-0.3, -0.25) is 5.10 Å². The maximum atomic E-state index is 11.9. The van der Waals surface area contributed by atoms with Crippen molar-refractivity contribution < 1.29 is 44.5 Å². The van der Waals surface area contributed by atoms with E-state index in [9.17, 15) is 30.3 Å². The van der Waals surface area contributed by atoms with Crippen LogP contribution in [-0.2, 0) is 11.2 Å². The molecule has 2 amide bonds. The summed E-state index contributed by atoms with van der Waals surface area (Å²) in [7, 11) is 0. The number of H-pyrrole nitrogens is 1. The van der Waals surface area contributed by atoms with Gasteiger partial charge in [0.15, 0.2) is 0 Å². The van der Waals surface area contributed by atoms with Crippen molar-refractivity contribution in [1.29, 1.82) is 0 Å². The molecular formula is C27H42N4O9. The minimum atomic E-state index is -1.56. The Labute approximate surface area is 233 Å². The number of aliphatic hydroxyl groups excluding tert-OH is 5. The van der Waals surface area contributed by atoms with Crippen LogP contribution in [0.2, 0.25) is 0 Å². The number of carbonyl (C=O) groups is 1. The number of hydrogen-bond donors (Lipinski definition) is 8. The molecule has 1 aliphatic rings. The van der Waals surface area contributed by atoms with Crippen molar-refractivity contribution in [1.82, 2.24) is 20.8 Å². The molecule has 1 unspecified atom stereocenters. The Kier molecular flexibility index (Phi) is 10.8. The topological polar surface area (TPSA) is 199 Å². The van der Waals surface area contributed by atoms with Gasteiger partial charge in [-0.25, -0.2) is 4.79 Å². The number of rotatable bonds is 12. The average Bonchev–Trinajstić information content (AvgIpc) is 3.30. The van der Waals surface area contributed by atoms with E-state index in [0.29, 0.717) is 12.2 Å². The van der Waals surface area contributed by atoms with Gasteiger partial charge in [0.05, 0.1) is 25.3 Å². The lowest BCUT2D eigenvalue weighted by molar-refractivity contribution is -0.278. The quantitative estimate of drug-likeness (QED) is 0.163. The summed E-state index contributed by atoms with van der Waals surface area (Å²) in [4.78, 5) is 11.9. The summed E-state index contributed by atoms with van der Waals surface area (Å²) in [6, 6.07) is 5.24. The molecule has 1 aliphatic heterocycles. The molecule has 13 nitrogen and oxygen atoms in total. The van der Waals surface area contributed by atoms with Crippen LogP contribution in [0.15, 0.2) is 18.2 Å². The van der Waals surface area contributed by atoms with Gasteiger partial charge in [0.25, 0.3) is 0 Å². The fourth-order valence-corrected chi connectivity index (χ4v) is 4.25. The van der Waals surface area contributed by atoms with Crippen molar-refractivity contribution in [2.24, 2.45) is 0 Å². The lowest BCUT2D eigenvalue weighted by Crippen LogP contribution is -2.60. The monoisotopic (exact) mass is 566 g/mol.